The van der Waals surface area contributed by atoms with E-state index in [4.69, 9.17) is 5.14 Å². The summed E-state index contributed by atoms with van der Waals surface area (Å²) in [6.45, 7) is 1.49. The van der Waals surface area contributed by atoms with E-state index in [9.17, 15) is 18.0 Å². The molecule has 0 aliphatic heterocycles. The number of anilines is 1. The highest BCUT2D eigenvalue weighted by molar-refractivity contribution is 7.89. The molecule has 1 aromatic heterocycles. The van der Waals surface area contributed by atoms with Crippen molar-refractivity contribution in [3.63, 3.8) is 0 Å². The van der Waals surface area contributed by atoms with Crippen molar-refractivity contribution < 1.29 is 13.2 Å². The molecule has 0 saturated heterocycles. The van der Waals surface area contributed by atoms with E-state index in [0.29, 0.717) is 11.4 Å². The molecule has 0 bridgehead atoms. The molecule has 9 heteroatoms. The quantitative estimate of drug-likeness (QED) is 0.809. The number of aromatic nitrogens is 2. The normalized spacial score (nSPS) is 11.2. The smallest absolute Gasteiger partial charge is 0.253 e. The number of primary sulfonamides is 1. The van der Waals surface area contributed by atoms with Crippen molar-refractivity contribution in [2.24, 2.45) is 5.14 Å². The van der Waals surface area contributed by atoms with Crippen LogP contribution in [0.1, 0.15) is 5.69 Å². The third-order valence-corrected chi connectivity index (χ3v) is 3.73. The predicted molar refractivity (Wildman–Crippen MR) is 79.7 cm³/mol. The van der Waals surface area contributed by atoms with Crippen molar-refractivity contribution in [3.05, 3.63) is 52.7 Å². The van der Waals surface area contributed by atoms with Crippen molar-refractivity contribution >= 4 is 21.6 Å². The minimum atomic E-state index is -3.77. The number of benzene rings is 1. The Morgan fingerprint density at radius 3 is 2.50 bits per heavy atom. The second kappa shape index (κ2) is 6.08. The molecule has 22 heavy (non-hydrogen) atoms. The van der Waals surface area contributed by atoms with Crippen LogP contribution < -0.4 is 16.0 Å². The SMILES string of the molecule is Cc1cc(=O)n(CC(=O)Nc2ccc(S(N)(=O)=O)cc2)cn1. The van der Waals surface area contributed by atoms with E-state index >= 15 is 0 Å². The van der Waals surface area contributed by atoms with Gasteiger partial charge in [-0.25, -0.2) is 18.5 Å². The average molecular weight is 322 g/mol. The summed E-state index contributed by atoms with van der Waals surface area (Å²) in [6, 6.07) is 6.71. The molecule has 0 unspecified atom stereocenters. The molecule has 0 radical (unpaired) electrons. The van der Waals surface area contributed by atoms with Crippen LogP contribution in [0, 0.1) is 6.92 Å². The van der Waals surface area contributed by atoms with Crippen molar-refractivity contribution in [3.8, 4) is 0 Å². The second-order valence-electron chi connectivity index (χ2n) is 4.61. The molecule has 0 aliphatic carbocycles. The van der Waals surface area contributed by atoms with Gasteiger partial charge < -0.3 is 5.32 Å². The lowest BCUT2D eigenvalue weighted by atomic mass is 10.3. The summed E-state index contributed by atoms with van der Waals surface area (Å²) in [7, 11) is -3.77. The van der Waals surface area contributed by atoms with Gasteiger partial charge >= 0.3 is 0 Å². The van der Waals surface area contributed by atoms with E-state index in [1.54, 1.807) is 6.92 Å². The van der Waals surface area contributed by atoms with Crippen LogP contribution in [0.2, 0.25) is 0 Å². The minimum absolute atomic E-state index is 0.0514. The van der Waals surface area contributed by atoms with Gasteiger partial charge in [0.1, 0.15) is 6.54 Å². The summed E-state index contributed by atoms with van der Waals surface area (Å²) < 4.78 is 23.4. The number of nitrogens with one attached hydrogen (secondary N) is 1. The Morgan fingerprint density at radius 2 is 1.95 bits per heavy atom. The summed E-state index contributed by atoms with van der Waals surface area (Å²) in [5.41, 5.74) is 0.637. The number of hydrogen-bond acceptors (Lipinski definition) is 5. The highest BCUT2D eigenvalue weighted by Crippen LogP contribution is 2.12. The molecule has 2 aromatic rings. The number of nitrogens with two attached hydrogens (primary N) is 1. The van der Waals surface area contributed by atoms with Crippen LogP contribution in [-0.4, -0.2) is 23.9 Å². The molecule has 1 amide bonds. The molecule has 0 aliphatic rings. The maximum absolute atomic E-state index is 11.9. The molecule has 0 saturated carbocycles. The van der Waals surface area contributed by atoms with Gasteiger partial charge in [0, 0.05) is 17.4 Å². The van der Waals surface area contributed by atoms with Gasteiger partial charge in [0.25, 0.3) is 5.56 Å². The molecule has 0 spiro atoms. The van der Waals surface area contributed by atoms with Crippen LogP contribution in [0.25, 0.3) is 0 Å². The molecule has 0 fully saturated rings. The maximum atomic E-state index is 11.9. The zero-order chi connectivity index (χ0) is 16.3. The molecule has 0 atom stereocenters. The molecular weight excluding hydrogens is 308 g/mol. The summed E-state index contributed by atoms with van der Waals surface area (Å²) in [6.07, 6.45) is 1.29. The van der Waals surface area contributed by atoms with Gasteiger partial charge in [-0.2, -0.15) is 0 Å². The number of nitrogens with zero attached hydrogens (tertiary/aromatic N) is 2. The molecular formula is C13H14N4O4S. The number of carbonyl (C=O) groups excluding carboxylic acids is 1. The molecule has 116 valence electrons. The highest BCUT2D eigenvalue weighted by atomic mass is 32.2. The first-order valence-electron chi connectivity index (χ1n) is 6.21. The predicted octanol–water partition coefficient (Wildman–Crippen LogP) is -0.162. The van der Waals surface area contributed by atoms with Crippen molar-refractivity contribution in [2.45, 2.75) is 18.4 Å². The van der Waals surface area contributed by atoms with E-state index in [1.807, 2.05) is 0 Å². The Balaban J connectivity index is 2.07. The zero-order valence-electron chi connectivity index (χ0n) is 11.7. The fourth-order valence-electron chi connectivity index (χ4n) is 1.72. The van der Waals surface area contributed by atoms with E-state index in [2.05, 4.69) is 10.3 Å². The van der Waals surface area contributed by atoms with E-state index in [1.165, 1.54) is 41.2 Å². The van der Waals surface area contributed by atoms with Crippen molar-refractivity contribution in [1.29, 1.82) is 0 Å². The molecule has 3 N–H and O–H groups in total. The Morgan fingerprint density at radius 1 is 1.32 bits per heavy atom. The van der Waals surface area contributed by atoms with Gasteiger partial charge in [0.05, 0.1) is 11.2 Å². The Hall–Kier alpha value is -2.52. The number of carbonyl (C=O) groups is 1. The van der Waals surface area contributed by atoms with Gasteiger partial charge in [-0.1, -0.05) is 0 Å². The lowest BCUT2D eigenvalue weighted by molar-refractivity contribution is -0.116. The van der Waals surface area contributed by atoms with Gasteiger partial charge in [0.15, 0.2) is 0 Å². The van der Waals surface area contributed by atoms with Gasteiger partial charge in [-0.15, -0.1) is 0 Å². The van der Waals surface area contributed by atoms with Crippen LogP contribution in [0.3, 0.4) is 0 Å². The summed E-state index contributed by atoms with van der Waals surface area (Å²) >= 11 is 0. The summed E-state index contributed by atoms with van der Waals surface area (Å²) in [5.74, 6) is -0.434. The van der Waals surface area contributed by atoms with Crippen LogP contribution in [-0.2, 0) is 21.4 Å². The van der Waals surface area contributed by atoms with Crippen LogP contribution in [0.15, 0.2) is 46.3 Å². The van der Waals surface area contributed by atoms with Crippen LogP contribution >= 0.6 is 0 Å². The van der Waals surface area contributed by atoms with Gasteiger partial charge in [-0.3, -0.25) is 14.2 Å². The van der Waals surface area contributed by atoms with Crippen LogP contribution in [0.5, 0.6) is 0 Å². The first kappa shape index (κ1) is 15.9. The Bertz CT molecular complexity index is 856. The molecule has 1 aromatic carbocycles. The fraction of sp³-hybridized carbons (Fsp3) is 0.154. The molecule has 8 nitrogen and oxygen atoms in total. The lowest BCUT2D eigenvalue weighted by Crippen LogP contribution is -2.27. The van der Waals surface area contributed by atoms with Crippen molar-refractivity contribution in [1.82, 2.24) is 9.55 Å². The Labute approximate surface area is 126 Å². The van der Waals surface area contributed by atoms with E-state index in [-0.39, 0.29) is 17.0 Å². The fourth-order valence-corrected chi connectivity index (χ4v) is 2.23. The molecule has 1 heterocycles. The topological polar surface area (TPSA) is 124 Å². The van der Waals surface area contributed by atoms with Gasteiger partial charge in [0.2, 0.25) is 15.9 Å². The number of amides is 1. The maximum Gasteiger partial charge on any atom is 0.253 e. The lowest BCUT2D eigenvalue weighted by Gasteiger charge is -2.07. The first-order valence-corrected chi connectivity index (χ1v) is 7.76. The largest absolute Gasteiger partial charge is 0.325 e. The van der Waals surface area contributed by atoms with E-state index in [0.717, 1.165) is 0 Å². The summed E-state index contributed by atoms with van der Waals surface area (Å²) in [5, 5.41) is 7.53. The third-order valence-electron chi connectivity index (χ3n) is 2.80. The number of rotatable bonds is 4. The standard InChI is InChI=1S/C13H14N4O4S/c1-9-6-13(19)17(8-15-9)7-12(18)16-10-2-4-11(5-3-10)22(14,20)21/h2-6,8H,7H2,1H3,(H,16,18)(H2,14,20,21). The zero-order valence-corrected chi connectivity index (χ0v) is 12.5. The Kier molecular flexibility index (Phi) is 4.38. The second-order valence-corrected chi connectivity index (χ2v) is 6.18. The number of hydrogen-bond donors (Lipinski definition) is 2. The van der Waals surface area contributed by atoms with Crippen LogP contribution in [0.4, 0.5) is 5.69 Å². The number of aryl methyl sites for hydroxylation is 1. The highest BCUT2D eigenvalue weighted by Gasteiger charge is 2.09. The number of sulfonamides is 1. The summed E-state index contributed by atoms with van der Waals surface area (Å²) in [4.78, 5) is 27.4. The third kappa shape index (κ3) is 3.99. The average Bonchev–Trinajstić information content (AvgIpc) is 2.41. The molecule has 2 rings (SSSR count). The van der Waals surface area contributed by atoms with Crippen molar-refractivity contribution in [2.75, 3.05) is 5.32 Å². The first-order chi connectivity index (χ1) is 10.3. The van der Waals surface area contributed by atoms with Gasteiger partial charge in [-0.05, 0) is 31.2 Å². The van der Waals surface area contributed by atoms with E-state index < -0.39 is 15.9 Å². The monoisotopic (exact) mass is 322 g/mol. The minimum Gasteiger partial charge on any atom is -0.325 e.